The number of thiophene rings is 1. The highest BCUT2D eigenvalue weighted by molar-refractivity contribution is 7.91. The Bertz CT molecular complexity index is 1080. The number of rotatable bonds is 3. The van der Waals surface area contributed by atoms with Crippen LogP contribution in [0.2, 0.25) is 0 Å². The summed E-state index contributed by atoms with van der Waals surface area (Å²) in [7, 11) is -1.36. The number of hydrogen-bond acceptors (Lipinski definition) is 5. The number of aromatic nitrogens is 1. The van der Waals surface area contributed by atoms with Gasteiger partial charge in [0, 0.05) is 18.5 Å². The molecule has 0 bridgehead atoms. The Hall–Kier alpha value is -2.25. The first kappa shape index (κ1) is 17.2. The maximum atomic E-state index is 13.2. The van der Waals surface area contributed by atoms with Crippen molar-refractivity contribution in [3.05, 3.63) is 53.4 Å². The fourth-order valence-corrected chi connectivity index (χ4v) is 5.80. The standard InChI is InChI=1S/C19H18N2O3S2/c1-21(13-8-10-26(23,24)12-13)19(22)15-11-17(18-7-4-9-25-18)20-16-6-3-2-5-14(15)16/h2-7,9,11,13H,8,10,12H2,1H3/t13-/m1/s1. The number of sulfone groups is 1. The number of benzene rings is 1. The lowest BCUT2D eigenvalue weighted by molar-refractivity contribution is 0.0749. The molecule has 0 saturated carbocycles. The molecule has 4 rings (SSSR count). The van der Waals surface area contributed by atoms with Crippen molar-refractivity contribution in [3.63, 3.8) is 0 Å². The smallest absolute Gasteiger partial charge is 0.254 e. The Balaban J connectivity index is 1.78. The summed E-state index contributed by atoms with van der Waals surface area (Å²) in [6, 6.07) is 13.0. The second-order valence-corrected chi connectivity index (χ2v) is 9.70. The van der Waals surface area contributed by atoms with E-state index in [-0.39, 0.29) is 23.5 Å². The van der Waals surface area contributed by atoms with Crippen LogP contribution >= 0.6 is 11.3 Å². The predicted molar refractivity (Wildman–Crippen MR) is 104 cm³/mol. The second kappa shape index (κ2) is 6.48. The van der Waals surface area contributed by atoms with Gasteiger partial charge < -0.3 is 4.90 Å². The van der Waals surface area contributed by atoms with E-state index in [4.69, 9.17) is 0 Å². The largest absolute Gasteiger partial charge is 0.338 e. The molecule has 1 aliphatic heterocycles. The molecule has 0 N–H and O–H groups in total. The van der Waals surface area contributed by atoms with Crippen LogP contribution in [-0.4, -0.2) is 48.8 Å². The maximum absolute atomic E-state index is 13.2. The molecule has 1 amide bonds. The van der Waals surface area contributed by atoms with Crippen LogP contribution in [0, 0.1) is 0 Å². The fraction of sp³-hybridized carbons (Fsp3) is 0.263. The first-order valence-electron chi connectivity index (χ1n) is 8.36. The lowest BCUT2D eigenvalue weighted by Gasteiger charge is -2.24. The van der Waals surface area contributed by atoms with E-state index in [2.05, 4.69) is 4.98 Å². The Labute approximate surface area is 156 Å². The minimum absolute atomic E-state index is 0.0377. The van der Waals surface area contributed by atoms with Crippen LogP contribution in [0.1, 0.15) is 16.8 Å². The molecule has 0 aliphatic carbocycles. The molecule has 1 saturated heterocycles. The van der Waals surface area contributed by atoms with Gasteiger partial charge in [-0.3, -0.25) is 4.79 Å². The summed E-state index contributed by atoms with van der Waals surface area (Å²) in [5.41, 5.74) is 2.08. The molecule has 3 heterocycles. The highest BCUT2D eigenvalue weighted by Crippen LogP contribution is 2.29. The molecule has 0 spiro atoms. The van der Waals surface area contributed by atoms with E-state index >= 15 is 0 Å². The molecule has 1 aromatic carbocycles. The van der Waals surface area contributed by atoms with Crippen LogP contribution < -0.4 is 0 Å². The summed E-state index contributed by atoms with van der Waals surface area (Å²) in [4.78, 5) is 20.4. The van der Waals surface area contributed by atoms with E-state index in [1.165, 1.54) is 0 Å². The number of para-hydroxylation sites is 1. The van der Waals surface area contributed by atoms with Gasteiger partial charge in [-0.05, 0) is 30.0 Å². The number of nitrogens with zero attached hydrogens (tertiary/aromatic N) is 2. The molecule has 7 heteroatoms. The summed E-state index contributed by atoms with van der Waals surface area (Å²) in [6.07, 6.45) is 0.491. The monoisotopic (exact) mass is 386 g/mol. The molecule has 0 unspecified atom stereocenters. The van der Waals surface area contributed by atoms with Crippen molar-refractivity contribution in [1.82, 2.24) is 9.88 Å². The summed E-state index contributed by atoms with van der Waals surface area (Å²) in [6.45, 7) is 0. The van der Waals surface area contributed by atoms with Crippen LogP contribution in [0.3, 0.4) is 0 Å². The summed E-state index contributed by atoms with van der Waals surface area (Å²) in [5, 5.41) is 2.76. The minimum atomic E-state index is -3.05. The second-order valence-electron chi connectivity index (χ2n) is 6.52. The van der Waals surface area contributed by atoms with Crippen LogP contribution in [-0.2, 0) is 9.84 Å². The molecular formula is C19H18N2O3S2. The Morgan fingerprint density at radius 3 is 2.73 bits per heavy atom. The molecule has 134 valence electrons. The minimum Gasteiger partial charge on any atom is -0.338 e. The van der Waals surface area contributed by atoms with Gasteiger partial charge in [-0.2, -0.15) is 0 Å². The van der Waals surface area contributed by atoms with E-state index in [9.17, 15) is 13.2 Å². The van der Waals surface area contributed by atoms with Crippen molar-refractivity contribution in [3.8, 4) is 10.6 Å². The molecule has 0 radical (unpaired) electrons. The van der Waals surface area contributed by atoms with Gasteiger partial charge in [0.1, 0.15) is 0 Å². The van der Waals surface area contributed by atoms with Crippen molar-refractivity contribution in [2.45, 2.75) is 12.5 Å². The van der Waals surface area contributed by atoms with Crippen LogP contribution in [0.5, 0.6) is 0 Å². The third-order valence-electron chi connectivity index (χ3n) is 4.80. The van der Waals surface area contributed by atoms with Crippen LogP contribution in [0.15, 0.2) is 47.8 Å². The number of hydrogen-bond donors (Lipinski definition) is 0. The summed E-state index contributed by atoms with van der Waals surface area (Å²) >= 11 is 1.57. The van der Waals surface area contributed by atoms with Crippen molar-refractivity contribution in [2.24, 2.45) is 0 Å². The van der Waals surface area contributed by atoms with Gasteiger partial charge in [-0.15, -0.1) is 11.3 Å². The molecule has 2 aromatic heterocycles. The van der Waals surface area contributed by atoms with Crippen molar-refractivity contribution in [2.75, 3.05) is 18.6 Å². The van der Waals surface area contributed by atoms with E-state index < -0.39 is 9.84 Å². The number of carbonyl (C=O) groups excluding carboxylic acids is 1. The normalized spacial score (nSPS) is 18.9. The number of carbonyl (C=O) groups is 1. The average Bonchev–Trinajstić information content (AvgIpc) is 3.29. The summed E-state index contributed by atoms with van der Waals surface area (Å²) < 4.78 is 23.6. The molecule has 5 nitrogen and oxygen atoms in total. The molecule has 26 heavy (non-hydrogen) atoms. The summed E-state index contributed by atoms with van der Waals surface area (Å²) in [5.74, 6) is 0.0200. The Morgan fingerprint density at radius 1 is 1.23 bits per heavy atom. The lowest BCUT2D eigenvalue weighted by Crippen LogP contribution is -2.38. The quantitative estimate of drug-likeness (QED) is 0.693. The molecule has 3 aromatic rings. The number of pyridine rings is 1. The van der Waals surface area contributed by atoms with E-state index in [1.54, 1.807) is 23.3 Å². The van der Waals surface area contributed by atoms with Gasteiger partial charge in [0.05, 0.1) is 33.2 Å². The first-order chi connectivity index (χ1) is 12.4. The number of amides is 1. The maximum Gasteiger partial charge on any atom is 0.254 e. The zero-order valence-electron chi connectivity index (χ0n) is 14.3. The fourth-order valence-electron chi connectivity index (χ4n) is 3.34. The van der Waals surface area contributed by atoms with Crippen molar-refractivity contribution < 1.29 is 13.2 Å². The zero-order valence-corrected chi connectivity index (χ0v) is 15.9. The first-order valence-corrected chi connectivity index (χ1v) is 11.1. The Kier molecular flexibility index (Phi) is 4.28. The van der Waals surface area contributed by atoms with Gasteiger partial charge in [-0.1, -0.05) is 24.3 Å². The predicted octanol–water partition coefficient (Wildman–Crippen LogP) is 3.22. The van der Waals surface area contributed by atoms with Crippen LogP contribution in [0.4, 0.5) is 0 Å². The zero-order chi connectivity index (χ0) is 18.3. The molecule has 1 aliphatic rings. The Morgan fingerprint density at radius 2 is 2.04 bits per heavy atom. The third kappa shape index (κ3) is 3.12. The van der Waals surface area contributed by atoms with Crippen molar-refractivity contribution >= 4 is 38.0 Å². The third-order valence-corrected chi connectivity index (χ3v) is 7.44. The lowest BCUT2D eigenvalue weighted by atomic mass is 10.0. The van der Waals surface area contributed by atoms with E-state index in [0.717, 1.165) is 21.5 Å². The van der Waals surface area contributed by atoms with Gasteiger partial charge in [0.25, 0.3) is 5.91 Å². The van der Waals surface area contributed by atoms with E-state index in [1.807, 2.05) is 47.8 Å². The van der Waals surface area contributed by atoms with Gasteiger partial charge in [0.15, 0.2) is 9.84 Å². The van der Waals surface area contributed by atoms with Crippen LogP contribution in [0.25, 0.3) is 21.5 Å². The average molecular weight is 386 g/mol. The van der Waals surface area contributed by atoms with Gasteiger partial charge >= 0.3 is 0 Å². The molecule has 1 fully saturated rings. The topological polar surface area (TPSA) is 67.3 Å². The SMILES string of the molecule is CN(C(=O)c1cc(-c2cccs2)nc2ccccc12)[C@@H]1CCS(=O)(=O)C1. The van der Waals surface area contributed by atoms with Crippen molar-refractivity contribution in [1.29, 1.82) is 0 Å². The highest BCUT2D eigenvalue weighted by atomic mass is 32.2. The van der Waals surface area contributed by atoms with Gasteiger partial charge in [-0.25, -0.2) is 13.4 Å². The molecule has 1 atom stereocenters. The number of fused-ring (bicyclic) bond motifs is 1. The molecular weight excluding hydrogens is 368 g/mol. The van der Waals surface area contributed by atoms with E-state index in [0.29, 0.717) is 12.0 Å². The van der Waals surface area contributed by atoms with Gasteiger partial charge in [0.2, 0.25) is 0 Å². The highest BCUT2D eigenvalue weighted by Gasteiger charge is 2.33.